The van der Waals surface area contributed by atoms with Crippen LogP contribution in [0.2, 0.25) is 5.02 Å². The van der Waals surface area contributed by atoms with Gasteiger partial charge in [0.05, 0.1) is 18.3 Å². The van der Waals surface area contributed by atoms with Crippen molar-refractivity contribution in [3.05, 3.63) is 64.2 Å². The molecule has 1 aliphatic rings. The zero-order valence-electron chi connectivity index (χ0n) is 13.6. The van der Waals surface area contributed by atoms with Crippen molar-refractivity contribution in [3.8, 4) is 0 Å². The van der Waals surface area contributed by atoms with Gasteiger partial charge in [0.15, 0.2) is 11.9 Å². The van der Waals surface area contributed by atoms with Crippen molar-refractivity contribution in [3.63, 3.8) is 0 Å². The molecule has 0 radical (unpaired) electrons. The molecule has 2 atom stereocenters. The summed E-state index contributed by atoms with van der Waals surface area (Å²) < 4.78 is 44.4. The fourth-order valence-electron chi connectivity index (χ4n) is 2.54. The Balaban J connectivity index is 1.95. The standard InChI is InChI=1S/C17H13ClF3N3O3/c18-9-3-1-8(2-4-9)13(24-16(25)12-7-22-17(26)27-12)11-6-5-10(19)14(23-11)15(20)21/h1-6,12-13,15H,7H2,(H,22,26)(H,24,25)/t12-,13+/m0/s1. The number of benzene rings is 1. The minimum Gasteiger partial charge on any atom is -0.434 e. The summed E-state index contributed by atoms with van der Waals surface area (Å²) in [5.74, 6) is -1.80. The van der Waals surface area contributed by atoms with Crippen LogP contribution in [0.25, 0.3) is 0 Å². The van der Waals surface area contributed by atoms with E-state index >= 15 is 0 Å². The molecule has 0 aliphatic carbocycles. The largest absolute Gasteiger partial charge is 0.434 e. The predicted octanol–water partition coefficient (Wildman–Crippen LogP) is 3.13. The number of rotatable bonds is 5. The van der Waals surface area contributed by atoms with E-state index in [1.807, 2.05) is 0 Å². The number of aromatic nitrogens is 1. The van der Waals surface area contributed by atoms with E-state index in [1.54, 1.807) is 24.3 Å². The number of nitrogens with zero attached hydrogens (tertiary/aromatic N) is 1. The van der Waals surface area contributed by atoms with E-state index in [4.69, 9.17) is 16.3 Å². The van der Waals surface area contributed by atoms with Gasteiger partial charge in [0.1, 0.15) is 5.69 Å². The Morgan fingerprint density at radius 2 is 1.96 bits per heavy atom. The minimum absolute atomic E-state index is 0.000319. The summed E-state index contributed by atoms with van der Waals surface area (Å²) in [7, 11) is 0. The van der Waals surface area contributed by atoms with E-state index in [0.29, 0.717) is 10.6 Å². The van der Waals surface area contributed by atoms with Crippen molar-refractivity contribution >= 4 is 23.6 Å². The Morgan fingerprint density at radius 1 is 1.26 bits per heavy atom. The van der Waals surface area contributed by atoms with Crippen LogP contribution in [0.4, 0.5) is 18.0 Å². The number of hydrogen-bond donors (Lipinski definition) is 2. The molecule has 0 unspecified atom stereocenters. The molecule has 142 valence electrons. The molecule has 1 aromatic heterocycles. The summed E-state index contributed by atoms with van der Waals surface area (Å²) in [6.45, 7) is -0.0306. The number of carbonyl (C=O) groups excluding carboxylic acids is 2. The molecular weight excluding hydrogens is 387 g/mol. The lowest BCUT2D eigenvalue weighted by Gasteiger charge is -2.21. The second-order valence-electron chi connectivity index (χ2n) is 5.67. The number of ether oxygens (including phenoxy) is 1. The van der Waals surface area contributed by atoms with Gasteiger partial charge in [-0.1, -0.05) is 23.7 Å². The van der Waals surface area contributed by atoms with E-state index in [-0.39, 0.29) is 12.2 Å². The van der Waals surface area contributed by atoms with Crippen molar-refractivity contribution < 1.29 is 27.5 Å². The monoisotopic (exact) mass is 399 g/mol. The lowest BCUT2D eigenvalue weighted by Crippen LogP contribution is -2.39. The SMILES string of the molecule is O=C1NC[C@@H](C(=O)N[C@H](c2ccc(Cl)cc2)c2ccc(F)c(C(F)F)n2)O1. The van der Waals surface area contributed by atoms with Gasteiger partial charge in [-0.2, -0.15) is 0 Å². The van der Waals surface area contributed by atoms with Crippen LogP contribution in [-0.4, -0.2) is 29.6 Å². The van der Waals surface area contributed by atoms with Gasteiger partial charge >= 0.3 is 6.09 Å². The molecule has 2 heterocycles. The smallest absolute Gasteiger partial charge is 0.408 e. The molecule has 6 nitrogen and oxygen atoms in total. The van der Waals surface area contributed by atoms with Crippen molar-refractivity contribution in [1.29, 1.82) is 0 Å². The summed E-state index contributed by atoms with van der Waals surface area (Å²) in [5.41, 5.74) is -0.543. The van der Waals surface area contributed by atoms with Crippen molar-refractivity contribution in [2.45, 2.75) is 18.6 Å². The predicted molar refractivity (Wildman–Crippen MR) is 88.9 cm³/mol. The summed E-state index contributed by atoms with van der Waals surface area (Å²) in [6, 6.07) is 7.30. The molecule has 1 aromatic carbocycles. The van der Waals surface area contributed by atoms with Crippen LogP contribution in [0.3, 0.4) is 0 Å². The maximum absolute atomic E-state index is 13.6. The van der Waals surface area contributed by atoms with Gasteiger partial charge in [0, 0.05) is 5.02 Å². The summed E-state index contributed by atoms with van der Waals surface area (Å²) in [4.78, 5) is 27.2. The molecule has 10 heteroatoms. The van der Waals surface area contributed by atoms with E-state index in [0.717, 1.165) is 6.07 Å². The number of carbonyl (C=O) groups is 2. The first kappa shape index (κ1) is 19.0. The Labute approximate surface area is 156 Å². The number of alkyl halides is 2. The van der Waals surface area contributed by atoms with Gasteiger partial charge in [-0.25, -0.2) is 22.9 Å². The third kappa shape index (κ3) is 4.30. The summed E-state index contributed by atoms with van der Waals surface area (Å²) in [5, 5.41) is 5.36. The average Bonchev–Trinajstić information content (AvgIpc) is 3.07. The Hall–Kier alpha value is -2.81. The highest BCUT2D eigenvalue weighted by atomic mass is 35.5. The van der Waals surface area contributed by atoms with Gasteiger partial charge in [-0.05, 0) is 29.8 Å². The average molecular weight is 400 g/mol. The molecule has 3 rings (SSSR count). The van der Waals surface area contributed by atoms with Gasteiger partial charge in [-0.15, -0.1) is 0 Å². The van der Waals surface area contributed by atoms with Crippen LogP contribution < -0.4 is 10.6 Å². The summed E-state index contributed by atoms with van der Waals surface area (Å²) in [6.07, 6.45) is -4.94. The molecule has 27 heavy (non-hydrogen) atoms. The zero-order chi connectivity index (χ0) is 19.6. The molecule has 2 amide bonds. The van der Waals surface area contributed by atoms with Gasteiger partial charge in [0.25, 0.3) is 12.3 Å². The number of amides is 2. The number of hydrogen-bond acceptors (Lipinski definition) is 4. The van der Waals surface area contributed by atoms with Gasteiger partial charge in [-0.3, -0.25) is 4.79 Å². The normalized spacial score (nSPS) is 17.4. The van der Waals surface area contributed by atoms with Gasteiger partial charge in [0.2, 0.25) is 0 Å². The zero-order valence-corrected chi connectivity index (χ0v) is 14.3. The number of halogens is 4. The molecular formula is C17H13ClF3N3O3. The third-order valence-corrected chi connectivity index (χ3v) is 4.11. The van der Waals surface area contributed by atoms with Crippen molar-refractivity contribution in [2.24, 2.45) is 0 Å². The molecule has 0 saturated carbocycles. The fraction of sp³-hybridized carbons (Fsp3) is 0.235. The lowest BCUT2D eigenvalue weighted by molar-refractivity contribution is -0.128. The van der Waals surface area contributed by atoms with Crippen LogP contribution >= 0.6 is 11.6 Å². The molecule has 0 spiro atoms. The molecule has 1 saturated heterocycles. The second-order valence-corrected chi connectivity index (χ2v) is 6.11. The molecule has 2 aromatic rings. The molecule has 0 bridgehead atoms. The Bertz CT molecular complexity index is 864. The lowest BCUT2D eigenvalue weighted by atomic mass is 10.0. The highest BCUT2D eigenvalue weighted by molar-refractivity contribution is 6.30. The van der Waals surface area contributed by atoms with Crippen LogP contribution in [0, 0.1) is 5.82 Å². The van der Waals surface area contributed by atoms with Crippen molar-refractivity contribution in [1.82, 2.24) is 15.6 Å². The highest BCUT2D eigenvalue weighted by Gasteiger charge is 2.32. The quantitative estimate of drug-likeness (QED) is 0.809. The van der Waals surface area contributed by atoms with E-state index in [9.17, 15) is 22.8 Å². The highest BCUT2D eigenvalue weighted by Crippen LogP contribution is 2.26. The first-order chi connectivity index (χ1) is 12.8. The second kappa shape index (κ2) is 7.83. The Kier molecular flexibility index (Phi) is 5.50. The maximum atomic E-state index is 13.6. The van der Waals surface area contributed by atoms with E-state index < -0.39 is 42.1 Å². The first-order valence-corrected chi connectivity index (χ1v) is 8.17. The topological polar surface area (TPSA) is 80.3 Å². The Morgan fingerprint density at radius 3 is 2.56 bits per heavy atom. The molecule has 1 aliphatic heterocycles. The first-order valence-electron chi connectivity index (χ1n) is 7.80. The van der Waals surface area contributed by atoms with E-state index in [2.05, 4.69) is 15.6 Å². The number of nitrogens with one attached hydrogen (secondary N) is 2. The number of alkyl carbamates (subject to hydrolysis) is 1. The molecule has 2 N–H and O–H groups in total. The maximum Gasteiger partial charge on any atom is 0.408 e. The van der Waals surface area contributed by atoms with Crippen LogP contribution in [0.15, 0.2) is 36.4 Å². The minimum atomic E-state index is -3.12. The van der Waals surface area contributed by atoms with Crippen LogP contribution in [0.1, 0.15) is 29.4 Å². The van der Waals surface area contributed by atoms with Crippen LogP contribution in [0.5, 0.6) is 0 Å². The van der Waals surface area contributed by atoms with Crippen LogP contribution in [-0.2, 0) is 9.53 Å². The third-order valence-electron chi connectivity index (χ3n) is 3.86. The summed E-state index contributed by atoms with van der Waals surface area (Å²) >= 11 is 5.86. The molecule has 1 fully saturated rings. The van der Waals surface area contributed by atoms with Gasteiger partial charge < -0.3 is 15.4 Å². The van der Waals surface area contributed by atoms with E-state index in [1.165, 1.54) is 6.07 Å². The number of pyridine rings is 1. The fourth-order valence-corrected chi connectivity index (χ4v) is 2.67. The number of cyclic esters (lactones) is 1. The van der Waals surface area contributed by atoms with Crippen molar-refractivity contribution in [2.75, 3.05) is 6.54 Å².